The molecule has 0 atom stereocenters. The van der Waals surface area contributed by atoms with Gasteiger partial charge in [-0.3, -0.25) is 4.99 Å². The van der Waals surface area contributed by atoms with Crippen LogP contribution in [0.2, 0.25) is 5.02 Å². The molecule has 1 aromatic rings. The number of thioether (sulfide) groups is 1. The summed E-state index contributed by atoms with van der Waals surface area (Å²) in [5.74, 6) is 2.16. The Morgan fingerprint density at radius 3 is 2.60 bits per heavy atom. The number of rotatable bonds is 7. The first kappa shape index (κ1) is 17.2. The van der Waals surface area contributed by atoms with Gasteiger partial charge < -0.3 is 10.2 Å². The molecular weight excluding hydrogens is 290 g/mol. The standard InChI is InChI=1S/C15H24ClN3S/c1-17-15(18-10-4-5-11-20-3)19(2)12-13-6-8-14(16)9-7-13/h6-9H,4-5,10-12H2,1-3H3,(H,17,18). The molecule has 1 aromatic carbocycles. The predicted molar refractivity (Wildman–Crippen MR) is 91.9 cm³/mol. The molecule has 0 spiro atoms. The van der Waals surface area contributed by atoms with Gasteiger partial charge in [0.05, 0.1) is 0 Å². The van der Waals surface area contributed by atoms with E-state index in [2.05, 4.69) is 21.5 Å². The zero-order valence-corrected chi connectivity index (χ0v) is 14.1. The summed E-state index contributed by atoms with van der Waals surface area (Å²) in [7, 11) is 3.87. The van der Waals surface area contributed by atoms with E-state index in [-0.39, 0.29) is 0 Å². The van der Waals surface area contributed by atoms with Crippen LogP contribution in [0.1, 0.15) is 18.4 Å². The van der Waals surface area contributed by atoms with Gasteiger partial charge in [-0.1, -0.05) is 23.7 Å². The molecule has 0 heterocycles. The van der Waals surface area contributed by atoms with Gasteiger partial charge in [0.2, 0.25) is 0 Å². The van der Waals surface area contributed by atoms with Gasteiger partial charge in [0.25, 0.3) is 0 Å². The predicted octanol–water partition coefficient (Wildman–Crippen LogP) is 3.49. The van der Waals surface area contributed by atoms with Crippen LogP contribution in [0.3, 0.4) is 0 Å². The van der Waals surface area contributed by atoms with Crippen molar-refractivity contribution in [1.29, 1.82) is 0 Å². The van der Waals surface area contributed by atoms with Crippen LogP contribution in [-0.4, -0.2) is 43.5 Å². The van der Waals surface area contributed by atoms with Crippen LogP contribution in [0.15, 0.2) is 29.3 Å². The number of benzene rings is 1. The minimum absolute atomic E-state index is 0.771. The lowest BCUT2D eigenvalue weighted by atomic mass is 10.2. The summed E-state index contributed by atoms with van der Waals surface area (Å²) in [5.41, 5.74) is 1.22. The minimum atomic E-state index is 0.771. The quantitative estimate of drug-likeness (QED) is 0.474. The van der Waals surface area contributed by atoms with Crippen LogP contribution in [0.5, 0.6) is 0 Å². The largest absolute Gasteiger partial charge is 0.356 e. The third-order valence-electron chi connectivity index (χ3n) is 2.96. The second-order valence-electron chi connectivity index (χ2n) is 4.66. The van der Waals surface area contributed by atoms with Gasteiger partial charge >= 0.3 is 0 Å². The molecule has 112 valence electrons. The Balaban J connectivity index is 2.38. The van der Waals surface area contributed by atoms with Crippen LogP contribution in [0, 0.1) is 0 Å². The molecule has 1 rings (SSSR count). The van der Waals surface area contributed by atoms with Gasteiger partial charge in [-0.15, -0.1) is 0 Å². The van der Waals surface area contributed by atoms with Crippen LogP contribution < -0.4 is 5.32 Å². The molecule has 3 nitrogen and oxygen atoms in total. The van der Waals surface area contributed by atoms with Crippen molar-refractivity contribution >= 4 is 29.3 Å². The maximum Gasteiger partial charge on any atom is 0.193 e. The summed E-state index contributed by atoms with van der Waals surface area (Å²) < 4.78 is 0. The summed E-state index contributed by atoms with van der Waals surface area (Å²) in [5, 5.41) is 4.17. The van der Waals surface area contributed by atoms with E-state index >= 15 is 0 Å². The van der Waals surface area contributed by atoms with Crippen molar-refractivity contribution in [2.45, 2.75) is 19.4 Å². The highest BCUT2D eigenvalue weighted by molar-refractivity contribution is 7.98. The zero-order chi connectivity index (χ0) is 14.8. The van der Waals surface area contributed by atoms with Gasteiger partial charge in [-0.25, -0.2) is 0 Å². The van der Waals surface area contributed by atoms with Crippen molar-refractivity contribution < 1.29 is 0 Å². The maximum atomic E-state index is 5.90. The summed E-state index contributed by atoms with van der Waals surface area (Å²) in [6, 6.07) is 7.93. The first-order chi connectivity index (χ1) is 9.67. The van der Waals surface area contributed by atoms with Gasteiger partial charge in [-0.2, -0.15) is 11.8 Å². The highest BCUT2D eigenvalue weighted by Gasteiger charge is 2.05. The zero-order valence-electron chi connectivity index (χ0n) is 12.5. The Bertz CT molecular complexity index is 406. The average molecular weight is 314 g/mol. The number of unbranched alkanes of at least 4 members (excludes halogenated alkanes) is 1. The van der Waals surface area contributed by atoms with Crippen molar-refractivity contribution in [3.8, 4) is 0 Å². The van der Waals surface area contributed by atoms with E-state index in [0.717, 1.165) is 24.1 Å². The molecule has 0 radical (unpaired) electrons. The van der Waals surface area contributed by atoms with Crippen LogP contribution in [0.4, 0.5) is 0 Å². The molecule has 0 amide bonds. The molecule has 0 bridgehead atoms. The van der Waals surface area contributed by atoms with E-state index < -0.39 is 0 Å². The lowest BCUT2D eigenvalue weighted by molar-refractivity contribution is 0.475. The molecule has 0 aromatic heterocycles. The SMILES string of the molecule is CN=C(NCCCCSC)N(C)Cc1ccc(Cl)cc1. The van der Waals surface area contributed by atoms with E-state index in [0.29, 0.717) is 0 Å². The van der Waals surface area contributed by atoms with Crippen molar-refractivity contribution in [3.63, 3.8) is 0 Å². The lowest BCUT2D eigenvalue weighted by Gasteiger charge is -2.22. The molecular formula is C15H24ClN3S. The second-order valence-corrected chi connectivity index (χ2v) is 6.08. The van der Waals surface area contributed by atoms with Gasteiger partial charge in [0, 0.05) is 32.2 Å². The molecule has 1 N–H and O–H groups in total. The van der Waals surface area contributed by atoms with Crippen molar-refractivity contribution in [3.05, 3.63) is 34.9 Å². The van der Waals surface area contributed by atoms with Gasteiger partial charge in [0.15, 0.2) is 5.96 Å². The lowest BCUT2D eigenvalue weighted by Crippen LogP contribution is -2.38. The van der Waals surface area contributed by atoms with E-state index in [1.54, 1.807) is 0 Å². The van der Waals surface area contributed by atoms with E-state index in [9.17, 15) is 0 Å². The summed E-state index contributed by atoms with van der Waals surface area (Å²) in [4.78, 5) is 6.44. The molecule has 0 aliphatic rings. The molecule has 0 saturated heterocycles. The molecule has 0 aliphatic carbocycles. The highest BCUT2D eigenvalue weighted by Crippen LogP contribution is 2.11. The number of halogens is 1. The number of hydrogen-bond acceptors (Lipinski definition) is 2. The number of aliphatic imine (C=N–C) groups is 1. The summed E-state index contributed by atoms with van der Waals surface area (Å²) in [6.07, 6.45) is 4.56. The van der Waals surface area contributed by atoms with Crippen LogP contribution in [0.25, 0.3) is 0 Å². The smallest absolute Gasteiger partial charge is 0.193 e. The van der Waals surface area contributed by atoms with Gasteiger partial charge in [0.1, 0.15) is 0 Å². The summed E-state index contributed by atoms with van der Waals surface area (Å²) >= 11 is 7.79. The second kappa shape index (κ2) is 9.94. The van der Waals surface area contributed by atoms with E-state index in [1.165, 1.54) is 24.2 Å². The molecule has 0 fully saturated rings. The maximum absolute atomic E-state index is 5.90. The third kappa shape index (κ3) is 6.53. The number of hydrogen-bond donors (Lipinski definition) is 1. The number of nitrogens with zero attached hydrogens (tertiary/aromatic N) is 2. The first-order valence-corrected chi connectivity index (χ1v) is 8.59. The average Bonchev–Trinajstić information content (AvgIpc) is 2.45. The van der Waals surface area contributed by atoms with E-state index in [1.807, 2.05) is 50.1 Å². The molecule has 0 unspecified atom stereocenters. The van der Waals surface area contributed by atoms with Crippen molar-refractivity contribution in [2.24, 2.45) is 4.99 Å². The van der Waals surface area contributed by atoms with Crippen LogP contribution in [-0.2, 0) is 6.54 Å². The van der Waals surface area contributed by atoms with Crippen molar-refractivity contribution in [2.75, 3.05) is 32.6 Å². The monoisotopic (exact) mass is 313 g/mol. The Labute approximate surface area is 131 Å². The fourth-order valence-corrected chi connectivity index (χ4v) is 2.51. The third-order valence-corrected chi connectivity index (χ3v) is 3.91. The molecule has 5 heteroatoms. The first-order valence-electron chi connectivity index (χ1n) is 6.82. The Morgan fingerprint density at radius 2 is 2.00 bits per heavy atom. The molecule has 20 heavy (non-hydrogen) atoms. The molecule has 0 saturated carbocycles. The fourth-order valence-electron chi connectivity index (χ4n) is 1.89. The number of nitrogens with one attached hydrogen (secondary N) is 1. The Hall–Kier alpha value is -0.870. The fraction of sp³-hybridized carbons (Fsp3) is 0.533. The van der Waals surface area contributed by atoms with Gasteiger partial charge in [-0.05, 0) is 42.5 Å². The normalized spacial score (nSPS) is 11.5. The molecule has 0 aliphatic heterocycles. The topological polar surface area (TPSA) is 27.6 Å². The number of guanidine groups is 1. The Kier molecular flexibility index (Phi) is 8.54. The van der Waals surface area contributed by atoms with Crippen LogP contribution >= 0.6 is 23.4 Å². The van der Waals surface area contributed by atoms with Crippen molar-refractivity contribution in [1.82, 2.24) is 10.2 Å². The highest BCUT2D eigenvalue weighted by atomic mass is 35.5. The minimum Gasteiger partial charge on any atom is -0.356 e. The summed E-state index contributed by atoms with van der Waals surface area (Å²) in [6.45, 7) is 1.79. The van der Waals surface area contributed by atoms with E-state index in [4.69, 9.17) is 11.6 Å². The Morgan fingerprint density at radius 1 is 1.30 bits per heavy atom.